The molecule has 198 valence electrons. The van der Waals surface area contributed by atoms with Gasteiger partial charge < -0.3 is 14.2 Å². The summed E-state index contributed by atoms with van der Waals surface area (Å²) in [6.07, 6.45) is 1.68. The van der Waals surface area contributed by atoms with Crippen LogP contribution in [0.15, 0.2) is 88.2 Å². The molecular weight excluding hydrogens is 519 g/mol. The first-order chi connectivity index (χ1) is 19.0. The van der Waals surface area contributed by atoms with Crippen LogP contribution in [0.2, 0.25) is 0 Å². The molecule has 5 rings (SSSR count). The lowest BCUT2D eigenvalue weighted by molar-refractivity contribution is -0.138. The number of esters is 1. The normalized spacial score (nSPS) is 15.0. The number of thiazole rings is 1. The van der Waals surface area contributed by atoms with Gasteiger partial charge in [-0.2, -0.15) is 0 Å². The highest BCUT2D eigenvalue weighted by Gasteiger charge is 2.37. The third-order valence-electron chi connectivity index (χ3n) is 6.27. The molecule has 0 amide bonds. The predicted octanol–water partition coefficient (Wildman–Crippen LogP) is 4.09. The van der Waals surface area contributed by atoms with Crippen molar-refractivity contribution in [2.75, 3.05) is 20.8 Å². The van der Waals surface area contributed by atoms with Gasteiger partial charge >= 0.3 is 5.97 Å². The lowest BCUT2D eigenvalue weighted by Gasteiger charge is -2.27. The Kier molecular flexibility index (Phi) is 7.42. The van der Waals surface area contributed by atoms with Gasteiger partial charge in [-0.25, -0.2) is 14.2 Å². The minimum absolute atomic E-state index is 0.140. The van der Waals surface area contributed by atoms with Gasteiger partial charge in [0.15, 0.2) is 16.3 Å². The number of halogens is 1. The zero-order chi connectivity index (χ0) is 27.5. The number of hydrogen-bond donors (Lipinski definition) is 0. The number of carbonyl (C=O) groups excluding carboxylic acids is 1. The van der Waals surface area contributed by atoms with Crippen LogP contribution in [0.3, 0.4) is 0 Å². The predicted molar refractivity (Wildman–Crippen MR) is 147 cm³/mol. The van der Waals surface area contributed by atoms with Crippen molar-refractivity contribution in [1.29, 1.82) is 0 Å². The average Bonchev–Trinajstić information content (AvgIpc) is 3.27. The standard InChI is InChI=1S/C30H25FN2O5S/c1-4-38-29(35)24-25(19-9-6-5-7-10-19)32-30-33(26(24)21-11-8-12-22(36-2)27(21)37-3)28(34)23(39-30)17-18-13-15-20(31)16-14-18/h5-17,26H,4H2,1-3H3. The van der Waals surface area contributed by atoms with Crippen molar-refractivity contribution in [3.63, 3.8) is 0 Å². The SMILES string of the molecule is CCOC(=O)C1=C(c2ccccc2)N=c2sc(=Cc3ccc(F)cc3)c(=O)n2C1c1cccc(OC)c1OC. The molecule has 0 N–H and O–H groups in total. The molecule has 4 aromatic rings. The monoisotopic (exact) mass is 544 g/mol. The van der Waals surface area contributed by atoms with Crippen LogP contribution in [0.5, 0.6) is 11.5 Å². The van der Waals surface area contributed by atoms with Gasteiger partial charge in [-0.3, -0.25) is 9.36 Å². The van der Waals surface area contributed by atoms with Gasteiger partial charge in [-0.05, 0) is 36.8 Å². The molecule has 9 heteroatoms. The Balaban J connectivity index is 1.88. The topological polar surface area (TPSA) is 79.1 Å². The summed E-state index contributed by atoms with van der Waals surface area (Å²) < 4.78 is 32.1. The molecule has 7 nitrogen and oxygen atoms in total. The van der Waals surface area contributed by atoms with E-state index in [1.807, 2.05) is 30.3 Å². The zero-order valence-electron chi connectivity index (χ0n) is 21.5. The van der Waals surface area contributed by atoms with Crippen LogP contribution < -0.4 is 24.4 Å². The fourth-order valence-corrected chi connectivity index (χ4v) is 5.57. The van der Waals surface area contributed by atoms with E-state index in [1.54, 1.807) is 43.3 Å². The number of aromatic nitrogens is 1. The molecule has 39 heavy (non-hydrogen) atoms. The molecule has 0 saturated carbocycles. The summed E-state index contributed by atoms with van der Waals surface area (Å²) in [4.78, 5) is 32.8. The van der Waals surface area contributed by atoms with Crippen LogP contribution in [-0.2, 0) is 9.53 Å². The van der Waals surface area contributed by atoms with Gasteiger partial charge in [0.1, 0.15) is 11.9 Å². The smallest absolute Gasteiger partial charge is 0.338 e. The molecule has 1 aromatic heterocycles. The fraction of sp³-hybridized carbons (Fsp3) is 0.167. The molecular formula is C30H25FN2O5S. The summed E-state index contributed by atoms with van der Waals surface area (Å²) >= 11 is 1.18. The third-order valence-corrected chi connectivity index (χ3v) is 7.25. The Morgan fingerprint density at radius 1 is 1.03 bits per heavy atom. The first kappa shape index (κ1) is 26.1. The average molecular weight is 545 g/mol. The third kappa shape index (κ3) is 4.88. The number of fused-ring (bicyclic) bond motifs is 1. The molecule has 0 bridgehead atoms. The number of methoxy groups -OCH3 is 2. The van der Waals surface area contributed by atoms with E-state index in [1.165, 1.54) is 42.3 Å². The van der Waals surface area contributed by atoms with Crippen LogP contribution in [-0.4, -0.2) is 31.4 Å². The van der Waals surface area contributed by atoms with Gasteiger partial charge in [-0.15, -0.1) is 0 Å². The molecule has 1 atom stereocenters. The maximum atomic E-state index is 14.0. The largest absolute Gasteiger partial charge is 0.493 e. The summed E-state index contributed by atoms with van der Waals surface area (Å²) in [5.74, 6) is -0.132. The Hall–Kier alpha value is -4.50. The minimum Gasteiger partial charge on any atom is -0.493 e. The van der Waals surface area contributed by atoms with Crippen LogP contribution in [0, 0.1) is 5.82 Å². The van der Waals surface area contributed by atoms with E-state index in [4.69, 9.17) is 19.2 Å². The Labute approximate surface area is 227 Å². The second-order valence-corrected chi connectivity index (χ2v) is 9.57. The van der Waals surface area contributed by atoms with Crippen molar-refractivity contribution in [3.05, 3.63) is 121 Å². The van der Waals surface area contributed by atoms with E-state index in [2.05, 4.69) is 0 Å². The Morgan fingerprint density at radius 3 is 2.44 bits per heavy atom. The lowest BCUT2D eigenvalue weighted by atomic mass is 9.92. The minimum atomic E-state index is -0.920. The van der Waals surface area contributed by atoms with Crippen molar-refractivity contribution in [1.82, 2.24) is 4.57 Å². The maximum absolute atomic E-state index is 14.0. The molecule has 0 fully saturated rings. The Morgan fingerprint density at radius 2 is 1.77 bits per heavy atom. The lowest BCUT2D eigenvalue weighted by Crippen LogP contribution is -2.40. The number of para-hydroxylation sites is 1. The van der Waals surface area contributed by atoms with Gasteiger partial charge in [0.05, 0.1) is 36.6 Å². The first-order valence-corrected chi connectivity index (χ1v) is 13.0. The number of nitrogens with zero attached hydrogens (tertiary/aromatic N) is 2. The van der Waals surface area contributed by atoms with Crippen LogP contribution in [0.4, 0.5) is 4.39 Å². The van der Waals surface area contributed by atoms with Gasteiger partial charge in [-0.1, -0.05) is 65.9 Å². The van der Waals surface area contributed by atoms with E-state index < -0.39 is 12.0 Å². The number of ether oxygens (including phenoxy) is 3. The number of hydrogen-bond acceptors (Lipinski definition) is 7. The van der Waals surface area contributed by atoms with Crippen LogP contribution in [0.25, 0.3) is 11.8 Å². The van der Waals surface area contributed by atoms with Crippen molar-refractivity contribution < 1.29 is 23.4 Å². The van der Waals surface area contributed by atoms with Crippen molar-refractivity contribution in [3.8, 4) is 11.5 Å². The molecule has 3 aromatic carbocycles. The first-order valence-electron chi connectivity index (χ1n) is 12.2. The second-order valence-electron chi connectivity index (χ2n) is 8.57. The maximum Gasteiger partial charge on any atom is 0.338 e. The highest BCUT2D eigenvalue weighted by molar-refractivity contribution is 7.07. The molecule has 1 aliphatic rings. The van der Waals surface area contributed by atoms with Gasteiger partial charge in [0.2, 0.25) is 0 Å². The van der Waals surface area contributed by atoms with Crippen molar-refractivity contribution >= 4 is 29.1 Å². The van der Waals surface area contributed by atoms with Crippen LogP contribution >= 0.6 is 11.3 Å². The van der Waals surface area contributed by atoms with Crippen molar-refractivity contribution in [2.45, 2.75) is 13.0 Å². The molecule has 2 heterocycles. The number of carbonyl (C=O) groups is 1. The van der Waals surface area contributed by atoms with E-state index >= 15 is 0 Å². The summed E-state index contributed by atoms with van der Waals surface area (Å²) in [5.41, 5.74) is 2.15. The Bertz CT molecular complexity index is 1740. The molecule has 0 radical (unpaired) electrons. The summed E-state index contributed by atoms with van der Waals surface area (Å²) in [7, 11) is 3.03. The molecule has 1 aliphatic heterocycles. The van der Waals surface area contributed by atoms with E-state index in [-0.39, 0.29) is 23.6 Å². The fourth-order valence-electron chi connectivity index (χ4n) is 4.57. The molecule has 0 spiro atoms. The quantitative estimate of drug-likeness (QED) is 0.328. The van der Waals surface area contributed by atoms with Gasteiger partial charge in [0.25, 0.3) is 5.56 Å². The van der Waals surface area contributed by atoms with E-state index in [0.29, 0.717) is 43.2 Å². The van der Waals surface area contributed by atoms with Crippen molar-refractivity contribution in [2.24, 2.45) is 4.99 Å². The second kappa shape index (κ2) is 11.1. The molecule has 1 unspecified atom stereocenters. The van der Waals surface area contributed by atoms with Crippen LogP contribution in [0.1, 0.15) is 29.7 Å². The highest BCUT2D eigenvalue weighted by atomic mass is 32.1. The van der Waals surface area contributed by atoms with Gasteiger partial charge in [0, 0.05) is 11.1 Å². The number of benzene rings is 3. The summed E-state index contributed by atoms with van der Waals surface area (Å²) in [5, 5.41) is 0. The molecule has 0 saturated heterocycles. The zero-order valence-corrected chi connectivity index (χ0v) is 22.3. The summed E-state index contributed by atoms with van der Waals surface area (Å²) in [6, 6.07) is 19.5. The highest BCUT2D eigenvalue weighted by Crippen LogP contribution is 2.42. The van der Waals surface area contributed by atoms with E-state index in [9.17, 15) is 14.0 Å². The molecule has 0 aliphatic carbocycles. The number of rotatable bonds is 7. The summed E-state index contributed by atoms with van der Waals surface area (Å²) in [6.45, 7) is 1.86. The van der Waals surface area contributed by atoms with E-state index in [0.717, 1.165) is 0 Å².